The van der Waals surface area contributed by atoms with Crippen molar-refractivity contribution in [1.29, 1.82) is 0 Å². The van der Waals surface area contributed by atoms with Crippen LogP contribution in [0, 0.1) is 5.92 Å². The van der Waals surface area contributed by atoms with Crippen molar-refractivity contribution in [2.24, 2.45) is 5.92 Å². The zero-order valence-corrected chi connectivity index (χ0v) is 13.4. The van der Waals surface area contributed by atoms with E-state index in [0.29, 0.717) is 37.7 Å². The van der Waals surface area contributed by atoms with Gasteiger partial charge in [0.25, 0.3) is 11.8 Å². The summed E-state index contributed by atoms with van der Waals surface area (Å²) >= 11 is 0. The largest absolute Gasteiger partial charge is 0.353 e. The fraction of sp³-hybridized carbons (Fsp3) is 0.688. The van der Waals surface area contributed by atoms with Crippen molar-refractivity contribution in [3.8, 4) is 0 Å². The normalized spacial score (nSPS) is 24.5. The summed E-state index contributed by atoms with van der Waals surface area (Å²) in [6, 6.07) is 1.63. The molecule has 2 fully saturated rings. The highest BCUT2D eigenvalue weighted by Crippen LogP contribution is 2.29. The molecule has 2 aliphatic rings. The maximum atomic E-state index is 15.0. The first-order valence-corrected chi connectivity index (χ1v) is 8.32. The van der Waals surface area contributed by atoms with Crippen LogP contribution in [0.3, 0.4) is 0 Å². The summed E-state index contributed by atoms with van der Waals surface area (Å²) in [6.07, 6.45) is 4.57. The molecule has 1 aliphatic carbocycles. The molecule has 0 aromatic carbocycles. The Bertz CT molecular complexity index is 599. The Morgan fingerprint density at radius 1 is 1.48 bits per heavy atom. The van der Waals surface area contributed by atoms with E-state index in [1.807, 2.05) is 6.92 Å². The van der Waals surface area contributed by atoms with Crippen LogP contribution in [0.25, 0.3) is 0 Å². The summed E-state index contributed by atoms with van der Waals surface area (Å²) < 4.78 is 16.7. The van der Waals surface area contributed by atoms with Crippen molar-refractivity contribution in [2.75, 3.05) is 19.6 Å². The van der Waals surface area contributed by atoms with E-state index in [1.54, 1.807) is 16.9 Å². The minimum atomic E-state index is -1.99. The zero-order valence-electron chi connectivity index (χ0n) is 13.4. The lowest BCUT2D eigenvalue weighted by molar-refractivity contribution is -0.135. The predicted octanol–water partition coefficient (Wildman–Crippen LogP) is 1.37. The van der Waals surface area contributed by atoms with Gasteiger partial charge in [0.15, 0.2) is 0 Å². The Hall–Kier alpha value is -1.92. The third-order valence-electron chi connectivity index (χ3n) is 4.57. The molecule has 1 aromatic rings. The van der Waals surface area contributed by atoms with Crippen LogP contribution in [0.5, 0.6) is 0 Å². The van der Waals surface area contributed by atoms with Crippen LogP contribution in [-0.4, -0.2) is 51.8 Å². The van der Waals surface area contributed by atoms with Crippen LogP contribution < -0.4 is 5.32 Å². The van der Waals surface area contributed by atoms with Crippen molar-refractivity contribution in [3.63, 3.8) is 0 Å². The number of nitrogens with zero attached hydrogens (tertiary/aromatic N) is 3. The van der Waals surface area contributed by atoms with Gasteiger partial charge in [-0.3, -0.25) is 14.3 Å². The molecule has 6 nitrogen and oxygen atoms in total. The van der Waals surface area contributed by atoms with Gasteiger partial charge >= 0.3 is 0 Å². The number of rotatable bonds is 5. The van der Waals surface area contributed by atoms with Crippen molar-refractivity contribution < 1.29 is 14.0 Å². The van der Waals surface area contributed by atoms with Gasteiger partial charge in [-0.2, -0.15) is 5.10 Å². The van der Waals surface area contributed by atoms with E-state index in [0.717, 1.165) is 12.8 Å². The number of alkyl halides is 1. The van der Waals surface area contributed by atoms with Crippen LogP contribution in [0.15, 0.2) is 12.3 Å². The zero-order chi connectivity index (χ0) is 16.4. The monoisotopic (exact) mass is 322 g/mol. The summed E-state index contributed by atoms with van der Waals surface area (Å²) in [5.41, 5.74) is -1.69. The first-order valence-electron chi connectivity index (χ1n) is 8.32. The number of aryl methyl sites for hydroxylation is 1. The van der Waals surface area contributed by atoms with E-state index in [1.165, 1.54) is 4.90 Å². The summed E-state index contributed by atoms with van der Waals surface area (Å²) in [6.45, 7) is 3.41. The van der Waals surface area contributed by atoms with Gasteiger partial charge in [0.2, 0.25) is 5.67 Å². The molecule has 126 valence electrons. The highest BCUT2D eigenvalue weighted by molar-refractivity contribution is 5.93. The highest BCUT2D eigenvalue weighted by atomic mass is 19.1. The average Bonchev–Trinajstić information content (AvgIpc) is 3.26. The Kier molecular flexibility index (Phi) is 4.37. The van der Waals surface area contributed by atoms with Crippen molar-refractivity contribution in [3.05, 3.63) is 18.0 Å². The number of amides is 2. The standard InChI is InChI=1S/C16H23FN4O2/c1-2-21-9-6-13(19-21)14(22)20-8-3-7-16(17,11-20)15(23)18-10-12-4-5-12/h6,9,12H,2-5,7-8,10-11H2,1H3,(H,18,23). The molecule has 1 saturated carbocycles. The van der Waals surface area contributed by atoms with E-state index in [2.05, 4.69) is 10.4 Å². The minimum absolute atomic E-state index is 0.163. The van der Waals surface area contributed by atoms with Gasteiger partial charge in [0.05, 0.1) is 6.54 Å². The second-order valence-electron chi connectivity index (χ2n) is 6.51. The minimum Gasteiger partial charge on any atom is -0.353 e. The van der Waals surface area contributed by atoms with E-state index >= 15 is 4.39 Å². The summed E-state index contributed by atoms with van der Waals surface area (Å²) in [4.78, 5) is 26.0. The molecule has 7 heteroatoms. The Morgan fingerprint density at radius 2 is 2.26 bits per heavy atom. The van der Waals surface area contributed by atoms with Crippen LogP contribution in [0.4, 0.5) is 4.39 Å². The Balaban J connectivity index is 1.64. The lowest BCUT2D eigenvalue weighted by atomic mass is 9.93. The summed E-state index contributed by atoms with van der Waals surface area (Å²) in [5, 5.41) is 6.86. The third kappa shape index (κ3) is 3.54. The van der Waals surface area contributed by atoms with Gasteiger partial charge in [-0.25, -0.2) is 4.39 Å². The van der Waals surface area contributed by atoms with Crippen LogP contribution >= 0.6 is 0 Å². The first-order chi connectivity index (χ1) is 11.0. The van der Waals surface area contributed by atoms with Crippen molar-refractivity contribution in [1.82, 2.24) is 20.0 Å². The predicted molar refractivity (Wildman–Crippen MR) is 82.6 cm³/mol. The fourth-order valence-electron chi connectivity index (χ4n) is 2.90. The number of nitrogens with one attached hydrogen (secondary N) is 1. The van der Waals surface area contributed by atoms with Crippen LogP contribution in [0.2, 0.25) is 0 Å². The SMILES string of the molecule is CCn1ccc(C(=O)N2CCCC(F)(C(=O)NCC3CC3)C2)n1. The molecule has 1 aromatic heterocycles. The number of halogens is 1. The molecule has 2 heterocycles. The van der Waals surface area contributed by atoms with E-state index in [9.17, 15) is 9.59 Å². The average molecular weight is 322 g/mol. The van der Waals surface area contributed by atoms with E-state index in [4.69, 9.17) is 0 Å². The maximum Gasteiger partial charge on any atom is 0.274 e. The number of aromatic nitrogens is 2. The lowest BCUT2D eigenvalue weighted by Gasteiger charge is -2.36. The number of carbonyl (C=O) groups is 2. The second kappa shape index (κ2) is 6.29. The van der Waals surface area contributed by atoms with Crippen molar-refractivity contribution in [2.45, 2.75) is 44.8 Å². The lowest BCUT2D eigenvalue weighted by Crippen LogP contribution is -2.56. The molecule has 1 aliphatic heterocycles. The molecule has 1 unspecified atom stereocenters. The molecular weight excluding hydrogens is 299 g/mol. The van der Waals surface area contributed by atoms with Gasteiger partial charge in [-0.05, 0) is 44.6 Å². The molecular formula is C16H23FN4O2. The van der Waals surface area contributed by atoms with Gasteiger partial charge < -0.3 is 10.2 Å². The number of likely N-dealkylation sites (tertiary alicyclic amines) is 1. The summed E-state index contributed by atoms with van der Waals surface area (Å²) in [7, 11) is 0. The van der Waals surface area contributed by atoms with E-state index < -0.39 is 11.6 Å². The molecule has 2 amide bonds. The molecule has 1 saturated heterocycles. The molecule has 0 radical (unpaired) electrons. The fourth-order valence-corrected chi connectivity index (χ4v) is 2.90. The second-order valence-corrected chi connectivity index (χ2v) is 6.51. The quantitative estimate of drug-likeness (QED) is 0.890. The topological polar surface area (TPSA) is 67.2 Å². The van der Waals surface area contributed by atoms with E-state index in [-0.39, 0.29) is 18.9 Å². The van der Waals surface area contributed by atoms with Gasteiger partial charge in [0.1, 0.15) is 5.69 Å². The summed E-state index contributed by atoms with van der Waals surface area (Å²) in [5.74, 6) is -0.392. The number of carbonyl (C=O) groups excluding carboxylic acids is 2. The van der Waals surface area contributed by atoms with Gasteiger partial charge in [-0.15, -0.1) is 0 Å². The van der Waals surface area contributed by atoms with Crippen LogP contribution in [-0.2, 0) is 11.3 Å². The first kappa shape index (κ1) is 16.0. The van der Waals surface area contributed by atoms with Crippen molar-refractivity contribution >= 4 is 11.8 Å². The molecule has 1 atom stereocenters. The smallest absolute Gasteiger partial charge is 0.274 e. The molecule has 1 N–H and O–H groups in total. The number of hydrogen-bond acceptors (Lipinski definition) is 3. The number of piperidine rings is 1. The third-order valence-corrected chi connectivity index (χ3v) is 4.57. The van der Waals surface area contributed by atoms with Gasteiger partial charge in [0, 0.05) is 25.8 Å². The molecule has 3 rings (SSSR count). The van der Waals surface area contributed by atoms with Gasteiger partial charge in [-0.1, -0.05) is 0 Å². The van der Waals surface area contributed by atoms with Crippen LogP contribution in [0.1, 0.15) is 43.1 Å². The maximum absolute atomic E-state index is 15.0. The highest BCUT2D eigenvalue weighted by Gasteiger charge is 2.44. The number of hydrogen-bond donors (Lipinski definition) is 1. The molecule has 23 heavy (non-hydrogen) atoms. The Labute approximate surface area is 135 Å². The Morgan fingerprint density at radius 3 is 2.91 bits per heavy atom. The molecule has 0 spiro atoms. The molecule has 0 bridgehead atoms.